The molecule has 0 aliphatic carbocycles. The zero-order valence-corrected chi connectivity index (χ0v) is 12.0. The van der Waals surface area contributed by atoms with Gasteiger partial charge in [-0.2, -0.15) is 0 Å². The zero-order valence-electron chi connectivity index (χ0n) is 12.0. The number of carbonyl (C=O) groups is 2. The van der Waals surface area contributed by atoms with Gasteiger partial charge in [0.2, 0.25) is 5.91 Å². The number of aromatic nitrogens is 2. The first-order valence-corrected chi connectivity index (χ1v) is 7.15. The Kier molecular flexibility index (Phi) is 5.21. The third kappa shape index (κ3) is 3.98. The topological polar surface area (TPSA) is 95.4 Å². The van der Waals surface area contributed by atoms with Gasteiger partial charge in [0.1, 0.15) is 11.9 Å². The lowest BCUT2D eigenvalue weighted by atomic mass is 10.1. The number of aliphatic carboxylic acids is 1. The van der Waals surface area contributed by atoms with Gasteiger partial charge in [0, 0.05) is 12.4 Å². The molecule has 2 rings (SSSR count). The minimum Gasteiger partial charge on any atom is -0.480 e. The summed E-state index contributed by atoms with van der Waals surface area (Å²) in [5, 5.41) is 11.6. The molecule has 1 saturated heterocycles. The van der Waals surface area contributed by atoms with Gasteiger partial charge in [0.05, 0.1) is 12.6 Å². The van der Waals surface area contributed by atoms with Gasteiger partial charge in [0.15, 0.2) is 0 Å². The Morgan fingerprint density at radius 2 is 2.19 bits per heavy atom. The highest BCUT2D eigenvalue weighted by Crippen LogP contribution is 2.19. The molecular formula is C14H20N4O3. The predicted molar refractivity (Wildman–Crippen MR) is 75.3 cm³/mol. The number of likely N-dealkylation sites (tertiary alicyclic amines) is 1. The molecule has 1 amide bonds. The van der Waals surface area contributed by atoms with Crippen molar-refractivity contribution in [1.29, 1.82) is 0 Å². The highest BCUT2D eigenvalue weighted by molar-refractivity contribution is 5.87. The minimum atomic E-state index is -0.998. The second-order valence-corrected chi connectivity index (χ2v) is 5.10. The number of nitrogens with one attached hydrogen (secondary N) is 1. The number of rotatable bonds is 6. The van der Waals surface area contributed by atoms with Crippen LogP contribution in [0.4, 0.5) is 0 Å². The van der Waals surface area contributed by atoms with Crippen molar-refractivity contribution in [3.8, 4) is 0 Å². The highest BCUT2D eigenvalue weighted by atomic mass is 16.4. The van der Waals surface area contributed by atoms with Crippen molar-refractivity contribution in [2.45, 2.75) is 44.8 Å². The first-order valence-electron chi connectivity index (χ1n) is 7.15. The van der Waals surface area contributed by atoms with E-state index >= 15 is 0 Å². The van der Waals surface area contributed by atoms with Crippen molar-refractivity contribution in [3.05, 3.63) is 24.3 Å². The van der Waals surface area contributed by atoms with E-state index in [2.05, 4.69) is 15.3 Å². The number of nitrogens with zero attached hydrogens (tertiary/aromatic N) is 3. The molecule has 7 nitrogen and oxygen atoms in total. The van der Waals surface area contributed by atoms with Crippen LogP contribution in [0, 0.1) is 0 Å². The van der Waals surface area contributed by atoms with E-state index in [1.165, 1.54) is 0 Å². The smallest absolute Gasteiger partial charge is 0.326 e. The fraction of sp³-hybridized carbons (Fsp3) is 0.571. The lowest BCUT2D eigenvalue weighted by Gasteiger charge is -2.24. The Labute approximate surface area is 123 Å². The second-order valence-electron chi connectivity index (χ2n) is 5.10. The average Bonchev–Trinajstić information content (AvgIpc) is 2.93. The van der Waals surface area contributed by atoms with Crippen LogP contribution in [0.15, 0.2) is 18.5 Å². The van der Waals surface area contributed by atoms with E-state index in [-0.39, 0.29) is 11.9 Å². The SMILES string of the molecule is CCC(NC(=O)[C@@H]1CCCN1Cc1ncccn1)C(=O)O. The summed E-state index contributed by atoms with van der Waals surface area (Å²) < 4.78 is 0. The molecule has 0 saturated carbocycles. The molecule has 1 unspecified atom stereocenters. The molecule has 0 spiro atoms. The molecule has 1 aromatic heterocycles. The fourth-order valence-electron chi connectivity index (χ4n) is 2.51. The number of amides is 1. The van der Waals surface area contributed by atoms with Crippen LogP contribution in [0.25, 0.3) is 0 Å². The molecular weight excluding hydrogens is 272 g/mol. The Hall–Kier alpha value is -2.02. The Morgan fingerprint density at radius 3 is 2.81 bits per heavy atom. The molecule has 0 bridgehead atoms. The predicted octanol–water partition coefficient (Wildman–Crippen LogP) is 0.420. The lowest BCUT2D eigenvalue weighted by Crippen LogP contribution is -2.49. The fourth-order valence-corrected chi connectivity index (χ4v) is 2.51. The van der Waals surface area contributed by atoms with E-state index in [0.717, 1.165) is 19.4 Å². The number of hydrogen-bond donors (Lipinski definition) is 2. The van der Waals surface area contributed by atoms with Crippen molar-refractivity contribution in [3.63, 3.8) is 0 Å². The van der Waals surface area contributed by atoms with Crippen molar-refractivity contribution >= 4 is 11.9 Å². The van der Waals surface area contributed by atoms with Crippen LogP contribution in [0.5, 0.6) is 0 Å². The molecule has 1 aliphatic rings. The third-order valence-corrected chi connectivity index (χ3v) is 3.65. The maximum atomic E-state index is 12.3. The molecule has 1 aliphatic heterocycles. The van der Waals surface area contributed by atoms with Gasteiger partial charge in [-0.05, 0) is 31.9 Å². The van der Waals surface area contributed by atoms with Gasteiger partial charge in [-0.3, -0.25) is 9.69 Å². The van der Waals surface area contributed by atoms with Crippen LogP contribution >= 0.6 is 0 Å². The van der Waals surface area contributed by atoms with Crippen molar-refractivity contribution in [2.75, 3.05) is 6.54 Å². The van der Waals surface area contributed by atoms with Gasteiger partial charge in [0.25, 0.3) is 0 Å². The second kappa shape index (κ2) is 7.12. The Balaban J connectivity index is 1.98. The summed E-state index contributed by atoms with van der Waals surface area (Å²) in [4.78, 5) is 33.6. The molecule has 0 radical (unpaired) electrons. The van der Waals surface area contributed by atoms with Crippen molar-refractivity contribution in [2.24, 2.45) is 0 Å². The zero-order chi connectivity index (χ0) is 15.2. The van der Waals surface area contributed by atoms with E-state index in [9.17, 15) is 9.59 Å². The van der Waals surface area contributed by atoms with E-state index in [0.29, 0.717) is 18.8 Å². The summed E-state index contributed by atoms with van der Waals surface area (Å²) in [6.07, 6.45) is 5.36. The molecule has 2 N–H and O–H groups in total. The van der Waals surface area contributed by atoms with Gasteiger partial charge < -0.3 is 10.4 Å². The first kappa shape index (κ1) is 15.4. The normalized spacial score (nSPS) is 20.1. The molecule has 2 heterocycles. The maximum absolute atomic E-state index is 12.3. The molecule has 21 heavy (non-hydrogen) atoms. The third-order valence-electron chi connectivity index (χ3n) is 3.65. The van der Waals surface area contributed by atoms with E-state index in [1.807, 2.05) is 4.90 Å². The van der Waals surface area contributed by atoms with Crippen LogP contribution in [0.2, 0.25) is 0 Å². The molecule has 1 fully saturated rings. The summed E-state index contributed by atoms with van der Waals surface area (Å²) in [5.41, 5.74) is 0. The first-order chi connectivity index (χ1) is 10.1. The summed E-state index contributed by atoms with van der Waals surface area (Å²) in [5.74, 6) is -0.554. The lowest BCUT2D eigenvalue weighted by molar-refractivity contribution is -0.142. The largest absolute Gasteiger partial charge is 0.480 e. The van der Waals surface area contributed by atoms with E-state index in [1.54, 1.807) is 25.4 Å². The summed E-state index contributed by atoms with van der Waals surface area (Å²) >= 11 is 0. The van der Waals surface area contributed by atoms with Crippen molar-refractivity contribution < 1.29 is 14.7 Å². The number of hydrogen-bond acceptors (Lipinski definition) is 5. The summed E-state index contributed by atoms with van der Waals surface area (Å²) in [7, 11) is 0. The summed E-state index contributed by atoms with van der Waals surface area (Å²) in [6.45, 7) is 3.03. The monoisotopic (exact) mass is 292 g/mol. The Morgan fingerprint density at radius 1 is 1.48 bits per heavy atom. The van der Waals surface area contributed by atoms with Gasteiger partial charge >= 0.3 is 5.97 Å². The standard InChI is InChI=1S/C14H20N4O3/c1-2-10(14(20)21)17-13(19)11-5-3-8-18(11)9-12-15-6-4-7-16-12/h4,6-7,10-11H,2-3,5,8-9H2,1H3,(H,17,19)(H,20,21)/t10?,11-/m0/s1. The van der Waals surface area contributed by atoms with Crippen LogP contribution in [-0.2, 0) is 16.1 Å². The Bertz CT molecular complexity index is 494. The quantitative estimate of drug-likeness (QED) is 0.789. The van der Waals surface area contributed by atoms with Gasteiger partial charge in [-0.1, -0.05) is 6.92 Å². The molecule has 1 aromatic rings. The summed E-state index contributed by atoms with van der Waals surface area (Å²) in [6, 6.07) is 0.617. The van der Waals surface area contributed by atoms with Crippen LogP contribution in [0.3, 0.4) is 0 Å². The molecule has 2 atom stereocenters. The van der Waals surface area contributed by atoms with E-state index in [4.69, 9.17) is 5.11 Å². The molecule has 114 valence electrons. The van der Waals surface area contributed by atoms with Crippen LogP contribution in [0.1, 0.15) is 32.0 Å². The van der Waals surface area contributed by atoms with E-state index < -0.39 is 12.0 Å². The van der Waals surface area contributed by atoms with Crippen LogP contribution in [-0.4, -0.2) is 50.5 Å². The highest BCUT2D eigenvalue weighted by Gasteiger charge is 2.32. The molecule has 0 aromatic carbocycles. The van der Waals surface area contributed by atoms with Gasteiger partial charge in [-0.15, -0.1) is 0 Å². The van der Waals surface area contributed by atoms with Crippen LogP contribution < -0.4 is 5.32 Å². The maximum Gasteiger partial charge on any atom is 0.326 e. The number of carboxylic acids is 1. The minimum absolute atomic E-state index is 0.224. The van der Waals surface area contributed by atoms with Gasteiger partial charge in [-0.25, -0.2) is 14.8 Å². The number of carboxylic acid groups (broad SMARTS) is 1. The average molecular weight is 292 g/mol. The number of carbonyl (C=O) groups excluding carboxylic acids is 1. The molecule has 7 heteroatoms. The van der Waals surface area contributed by atoms with Crippen molar-refractivity contribution in [1.82, 2.24) is 20.2 Å².